The molecule has 0 saturated heterocycles. The molecule has 0 amide bonds. The predicted octanol–water partition coefficient (Wildman–Crippen LogP) is 2.05. The first-order valence-corrected chi connectivity index (χ1v) is 7.97. The number of methoxy groups -OCH3 is 1. The molecule has 1 heterocycles. The maximum Gasteiger partial charge on any atom is 0.352 e. The van der Waals surface area contributed by atoms with Gasteiger partial charge in [0.2, 0.25) is 5.60 Å². The highest BCUT2D eigenvalue weighted by Crippen LogP contribution is 2.44. The van der Waals surface area contributed by atoms with Crippen molar-refractivity contribution >= 4 is 23.3 Å². The maximum atomic E-state index is 12.8. The van der Waals surface area contributed by atoms with E-state index in [1.807, 2.05) is 6.07 Å². The molecule has 2 atom stereocenters. The first kappa shape index (κ1) is 17.0. The molecule has 2 aliphatic rings. The van der Waals surface area contributed by atoms with Gasteiger partial charge in [0.15, 0.2) is 11.6 Å². The fraction of sp³-hybridized carbons (Fsp3) is 0.316. The number of benzene rings is 1. The molecule has 1 aliphatic heterocycles. The van der Waals surface area contributed by atoms with Crippen LogP contribution in [0.25, 0.3) is 5.76 Å². The summed E-state index contributed by atoms with van der Waals surface area (Å²) in [5.41, 5.74) is -1.11. The molecule has 0 unspecified atom stereocenters. The maximum absolute atomic E-state index is 12.8. The van der Waals surface area contributed by atoms with Crippen molar-refractivity contribution in [3.63, 3.8) is 0 Å². The molecule has 0 bridgehead atoms. The molecule has 0 aromatic heterocycles. The average Bonchev–Trinajstić information content (AvgIpc) is 2.61. The van der Waals surface area contributed by atoms with Crippen LogP contribution in [-0.2, 0) is 28.6 Å². The van der Waals surface area contributed by atoms with Crippen molar-refractivity contribution in [3.05, 3.63) is 53.8 Å². The zero-order valence-corrected chi connectivity index (χ0v) is 14.0. The Labute approximate surface area is 145 Å². The van der Waals surface area contributed by atoms with Crippen LogP contribution in [0.3, 0.4) is 0 Å². The van der Waals surface area contributed by atoms with Gasteiger partial charge in [-0.25, -0.2) is 4.79 Å². The third-order valence-corrected chi connectivity index (χ3v) is 4.26. The molecule has 1 aromatic carbocycles. The Morgan fingerprint density at radius 3 is 2.60 bits per heavy atom. The van der Waals surface area contributed by atoms with Gasteiger partial charge in [0.1, 0.15) is 17.4 Å². The highest BCUT2D eigenvalue weighted by Gasteiger charge is 2.60. The Bertz CT molecular complexity index is 776. The van der Waals surface area contributed by atoms with E-state index in [0.717, 1.165) is 0 Å². The fourth-order valence-electron chi connectivity index (χ4n) is 3.19. The first-order chi connectivity index (χ1) is 12.0. The van der Waals surface area contributed by atoms with Gasteiger partial charge in [-0.2, -0.15) is 0 Å². The highest BCUT2D eigenvalue weighted by molar-refractivity contribution is 6.09. The van der Waals surface area contributed by atoms with E-state index in [0.29, 0.717) is 5.56 Å². The summed E-state index contributed by atoms with van der Waals surface area (Å²) in [6.07, 6.45) is 2.30. The van der Waals surface area contributed by atoms with Gasteiger partial charge in [-0.1, -0.05) is 30.3 Å². The van der Waals surface area contributed by atoms with Crippen molar-refractivity contribution in [2.45, 2.75) is 18.9 Å². The normalized spacial score (nSPS) is 25.3. The van der Waals surface area contributed by atoms with Gasteiger partial charge >= 0.3 is 5.97 Å². The number of ether oxygens (including phenoxy) is 3. The van der Waals surface area contributed by atoms with E-state index in [9.17, 15) is 14.4 Å². The molecular weight excluding hydrogens is 324 g/mol. The van der Waals surface area contributed by atoms with E-state index in [4.69, 9.17) is 14.2 Å². The zero-order chi connectivity index (χ0) is 18.0. The molecule has 1 aliphatic carbocycles. The molecule has 0 fully saturated rings. The molecule has 3 rings (SSSR count). The molecular formula is C19H18O6. The number of esters is 1. The van der Waals surface area contributed by atoms with E-state index in [2.05, 4.69) is 0 Å². The molecule has 25 heavy (non-hydrogen) atoms. The molecule has 0 radical (unpaired) electrons. The number of carbonyl (C=O) groups excluding carboxylic acids is 3. The van der Waals surface area contributed by atoms with E-state index in [1.165, 1.54) is 19.3 Å². The summed E-state index contributed by atoms with van der Waals surface area (Å²) in [5, 5.41) is 0. The lowest BCUT2D eigenvalue weighted by atomic mass is 9.73. The Balaban J connectivity index is 2.13. The lowest BCUT2D eigenvalue weighted by Gasteiger charge is -2.42. The molecule has 6 nitrogen and oxygen atoms in total. The standard InChI is InChI=1S/C19H18O6/c1-3-24-18(22)19-11-13(20)9-16(23-2)17(19)14(21)10-15(25-19)12-7-5-4-6-8-12/h4-10,17H,3,11H2,1-2H3/t17-,19+/m1/s1. The number of rotatable bonds is 4. The summed E-state index contributed by atoms with van der Waals surface area (Å²) in [5.74, 6) is -2.16. The van der Waals surface area contributed by atoms with Gasteiger partial charge in [0, 0.05) is 17.7 Å². The minimum Gasteiger partial charge on any atom is -0.500 e. The predicted molar refractivity (Wildman–Crippen MR) is 88.1 cm³/mol. The largest absolute Gasteiger partial charge is 0.500 e. The van der Waals surface area contributed by atoms with Crippen molar-refractivity contribution in [2.75, 3.05) is 13.7 Å². The number of hydrogen-bond donors (Lipinski definition) is 0. The second-order valence-corrected chi connectivity index (χ2v) is 5.82. The number of hydrogen-bond acceptors (Lipinski definition) is 6. The molecule has 1 aromatic rings. The van der Waals surface area contributed by atoms with Crippen LogP contribution in [0, 0.1) is 5.92 Å². The van der Waals surface area contributed by atoms with Crippen molar-refractivity contribution in [3.8, 4) is 0 Å². The summed E-state index contributed by atoms with van der Waals surface area (Å²) in [4.78, 5) is 37.7. The summed E-state index contributed by atoms with van der Waals surface area (Å²) in [6, 6.07) is 8.93. The molecule has 6 heteroatoms. The van der Waals surface area contributed by atoms with Crippen LogP contribution in [-0.4, -0.2) is 36.9 Å². The zero-order valence-electron chi connectivity index (χ0n) is 14.0. The monoisotopic (exact) mass is 342 g/mol. The van der Waals surface area contributed by atoms with Crippen LogP contribution in [0.4, 0.5) is 0 Å². The molecule has 0 saturated carbocycles. The van der Waals surface area contributed by atoms with Crippen molar-refractivity contribution in [2.24, 2.45) is 5.92 Å². The van der Waals surface area contributed by atoms with Crippen LogP contribution in [0.2, 0.25) is 0 Å². The summed E-state index contributed by atoms with van der Waals surface area (Å²) >= 11 is 0. The van der Waals surface area contributed by atoms with Crippen molar-refractivity contribution in [1.82, 2.24) is 0 Å². The van der Waals surface area contributed by atoms with E-state index >= 15 is 0 Å². The minimum absolute atomic E-state index is 0.107. The number of fused-ring (bicyclic) bond motifs is 1. The van der Waals surface area contributed by atoms with Gasteiger partial charge < -0.3 is 14.2 Å². The molecule has 0 spiro atoms. The lowest BCUT2D eigenvalue weighted by molar-refractivity contribution is -0.176. The average molecular weight is 342 g/mol. The van der Waals surface area contributed by atoms with Crippen LogP contribution in [0.5, 0.6) is 0 Å². The third-order valence-electron chi connectivity index (χ3n) is 4.26. The van der Waals surface area contributed by atoms with E-state index in [1.54, 1.807) is 31.2 Å². The van der Waals surface area contributed by atoms with Crippen molar-refractivity contribution < 1.29 is 28.6 Å². The number of carbonyl (C=O) groups is 3. The highest BCUT2D eigenvalue weighted by atomic mass is 16.6. The Morgan fingerprint density at radius 1 is 1.24 bits per heavy atom. The van der Waals surface area contributed by atoms with E-state index < -0.39 is 17.5 Å². The first-order valence-electron chi connectivity index (χ1n) is 7.97. The second-order valence-electron chi connectivity index (χ2n) is 5.82. The minimum atomic E-state index is -1.75. The van der Waals surface area contributed by atoms with Crippen LogP contribution < -0.4 is 0 Å². The summed E-state index contributed by atoms with van der Waals surface area (Å²) in [6.45, 7) is 1.76. The van der Waals surface area contributed by atoms with Crippen LogP contribution in [0.15, 0.2) is 48.2 Å². The second kappa shape index (κ2) is 6.55. The topological polar surface area (TPSA) is 78.9 Å². The van der Waals surface area contributed by atoms with Gasteiger partial charge in [0.25, 0.3) is 0 Å². The van der Waals surface area contributed by atoms with Crippen LogP contribution in [0.1, 0.15) is 18.9 Å². The van der Waals surface area contributed by atoms with Gasteiger partial charge in [-0.3, -0.25) is 9.59 Å². The van der Waals surface area contributed by atoms with Gasteiger partial charge in [0.05, 0.1) is 20.1 Å². The Hall–Kier alpha value is -2.89. The van der Waals surface area contributed by atoms with Crippen molar-refractivity contribution in [1.29, 1.82) is 0 Å². The molecule has 0 N–H and O–H groups in total. The Kier molecular flexibility index (Phi) is 4.44. The van der Waals surface area contributed by atoms with Gasteiger partial charge in [-0.05, 0) is 6.92 Å². The molecule has 130 valence electrons. The lowest BCUT2D eigenvalue weighted by Crippen LogP contribution is -2.57. The summed E-state index contributed by atoms with van der Waals surface area (Å²) < 4.78 is 16.3. The number of ketones is 2. The Morgan fingerprint density at radius 2 is 1.96 bits per heavy atom. The smallest absolute Gasteiger partial charge is 0.352 e. The third kappa shape index (κ3) is 2.84. The van der Waals surface area contributed by atoms with Gasteiger partial charge in [-0.15, -0.1) is 0 Å². The number of allylic oxidation sites excluding steroid dienone is 2. The quantitative estimate of drug-likeness (QED) is 0.779. The van der Waals surface area contributed by atoms with E-state index in [-0.39, 0.29) is 36.1 Å². The summed E-state index contributed by atoms with van der Waals surface area (Å²) in [7, 11) is 1.35. The SMILES string of the molecule is CCOC(=O)[C@]12CC(=O)C=C(OC)[C@H]1C(=O)C=C(c1ccccc1)O2. The van der Waals surface area contributed by atoms with Crippen LogP contribution >= 0.6 is 0 Å². The fourth-order valence-corrected chi connectivity index (χ4v) is 3.19.